The molecule has 6 heteroatoms. The van der Waals surface area contributed by atoms with Crippen molar-refractivity contribution in [1.82, 2.24) is 10.3 Å². The summed E-state index contributed by atoms with van der Waals surface area (Å²) >= 11 is -1.31. The lowest BCUT2D eigenvalue weighted by Gasteiger charge is -2.10. The minimum absolute atomic E-state index is 0.00975. The van der Waals surface area contributed by atoms with Crippen molar-refractivity contribution in [3.8, 4) is 11.5 Å². The van der Waals surface area contributed by atoms with Crippen LogP contribution in [0.25, 0.3) is 11.5 Å². The van der Waals surface area contributed by atoms with Crippen LogP contribution in [-0.2, 0) is 21.7 Å². The molecule has 1 aromatic carbocycles. The highest BCUT2D eigenvalue weighted by Gasteiger charge is 2.19. The summed E-state index contributed by atoms with van der Waals surface area (Å²) in [5, 5.41) is 2.81. The number of benzene rings is 1. The van der Waals surface area contributed by atoms with Gasteiger partial charge in [-0.3, -0.25) is 4.79 Å². The van der Waals surface area contributed by atoms with E-state index in [4.69, 9.17) is 4.42 Å². The van der Waals surface area contributed by atoms with Crippen LogP contribution in [0.1, 0.15) is 37.3 Å². The first-order valence-corrected chi connectivity index (χ1v) is 9.99. The summed E-state index contributed by atoms with van der Waals surface area (Å²) in [6.07, 6.45) is 0.917. The Morgan fingerprint density at radius 1 is 1.36 bits per heavy atom. The quantitative estimate of drug-likeness (QED) is 0.730. The van der Waals surface area contributed by atoms with E-state index < -0.39 is 11.2 Å². The fourth-order valence-corrected chi connectivity index (χ4v) is 3.43. The molecule has 25 heavy (non-hydrogen) atoms. The van der Waals surface area contributed by atoms with Gasteiger partial charge in [0.2, 0.25) is 5.89 Å². The van der Waals surface area contributed by atoms with Crippen molar-refractivity contribution >= 4 is 17.1 Å². The van der Waals surface area contributed by atoms with Crippen LogP contribution in [-0.4, -0.2) is 27.7 Å². The van der Waals surface area contributed by atoms with Gasteiger partial charge in [0, 0.05) is 12.1 Å². The van der Waals surface area contributed by atoms with Crippen LogP contribution in [0.2, 0.25) is 0 Å². The van der Waals surface area contributed by atoms with Crippen LogP contribution < -0.4 is 5.32 Å². The Labute approximate surface area is 152 Å². The summed E-state index contributed by atoms with van der Waals surface area (Å²) in [5.74, 6) is 1.73. The molecule has 1 atom stereocenters. The number of carbonyl (C=O) groups is 1. The molecule has 1 unspecified atom stereocenters. The monoisotopic (exact) mass is 362 g/mol. The predicted molar refractivity (Wildman–Crippen MR) is 101 cm³/mol. The van der Waals surface area contributed by atoms with E-state index in [1.807, 2.05) is 38.1 Å². The largest absolute Gasteiger partial charge is 0.616 e. The summed E-state index contributed by atoms with van der Waals surface area (Å²) in [4.78, 5) is 16.3. The number of nitrogens with zero attached hydrogens (tertiary/aromatic N) is 1. The second-order valence-electron chi connectivity index (χ2n) is 6.65. The number of nitrogens with one attached hydrogen (secondary N) is 1. The van der Waals surface area contributed by atoms with Crippen LogP contribution in [0, 0.1) is 19.8 Å². The molecule has 0 aliphatic rings. The third-order valence-corrected chi connectivity index (χ3v) is 4.97. The van der Waals surface area contributed by atoms with E-state index >= 15 is 0 Å². The molecule has 0 spiro atoms. The molecular formula is C19H26N2O3S. The molecule has 2 rings (SSSR count). The zero-order chi connectivity index (χ0) is 18.4. The lowest BCUT2D eigenvalue weighted by Crippen LogP contribution is -2.32. The number of hydrogen-bond acceptors (Lipinski definition) is 4. The van der Waals surface area contributed by atoms with Gasteiger partial charge in [0.15, 0.2) is 11.5 Å². The van der Waals surface area contributed by atoms with E-state index in [-0.39, 0.29) is 17.4 Å². The Bertz CT molecular complexity index is 712. The molecule has 0 radical (unpaired) electrons. The average molecular weight is 362 g/mol. The fraction of sp³-hybridized carbons (Fsp3) is 0.474. The molecule has 0 saturated carbocycles. The molecule has 0 saturated heterocycles. The first-order chi connectivity index (χ1) is 11.8. The summed E-state index contributed by atoms with van der Waals surface area (Å²) in [7, 11) is 0. The van der Waals surface area contributed by atoms with Gasteiger partial charge in [0.25, 0.3) is 5.91 Å². The van der Waals surface area contributed by atoms with Crippen molar-refractivity contribution in [2.75, 3.05) is 12.3 Å². The Morgan fingerprint density at radius 2 is 2.12 bits per heavy atom. The Kier molecular flexibility index (Phi) is 7.08. The van der Waals surface area contributed by atoms with E-state index in [0.29, 0.717) is 29.8 Å². The van der Waals surface area contributed by atoms with Crippen LogP contribution >= 0.6 is 0 Å². The zero-order valence-electron chi connectivity index (χ0n) is 15.3. The molecule has 5 nitrogen and oxygen atoms in total. The number of hydrogen-bond donors (Lipinski definition) is 1. The summed E-state index contributed by atoms with van der Waals surface area (Å²) in [5.41, 5.74) is 2.66. The third kappa shape index (κ3) is 6.21. The normalized spacial score (nSPS) is 12.4. The van der Waals surface area contributed by atoms with Crippen LogP contribution in [0.4, 0.5) is 0 Å². The number of carbonyl (C=O) groups excluding carboxylic acids is 1. The van der Waals surface area contributed by atoms with Gasteiger partial charge in [-0.2, -0.15) is 0 Å². The molecule has 1 N–H and O–H groups in total. The van der Waals surface area contributed by atoms with Gasteiger partial charge in [-0.15, -0.1) is 0 Å². The molecule has 2 aromatic rings. The Balaban J connectivity index is 1.93. The maximum Gasteiger partial charge on any atom is 0.269 e. The highest BCUT2D eigenvalue weighted by atomic mass is 32.2. The molecule has 1 aromatic heterocycles. The fourth-order valence-electron chi connectivity index (χ4n) is 2.36. The lowest BCUT2D eigenvalue weighted by atomic mass is 10.1. The predicted octanol–water partition coefficient (Wildman–Crippen LogP) is 3.37. The first kappa shape index (κ1) is 19.5. The molecule has 136 valence electrons. The Hall–Kier alpha value is -1.79. The number of aromatic nitrogens is 1. The van der Waals surface area contributed by atoms with E-state index in [2.05, 4.69) is 24.1 Å². The van der Waals surface area contributed by atoms with E-state index in [1.54, 1.807) is 0 Å². The lowest BCUT2D eigenvalue weighted by molar-refractivity contribution is -0.118. The van der Waals surface area contributed by atoms with Crippen molar-refractivity contribution in [1.29, 1.82) is 0 Å². The van der Waals surface area contributed by atoms with Crippen LogP contribution in [0.5, 0.6) is 0 Å². The molecule has 1 heterocycles. The number of amides is 1. The average Bonchev–Trinajstić information content (AvgIpc) is 2.87. The summed E-state index contributed by atoms with van der Waals surface area (Å²) in [6.45, 7) is 8.63. The second kappa shape index (κ2) is 9.06. The maximum absolute atomic E-state index is 12.2. The van der Waals surface area contributed by atoms with Crippen molar-refractivity contribution < 1.29 is 13.8 Å². The third-order valence-electron chi connectivity index (χ3n) is 3.79. The molecule has 0 aliphatic heterocycles. The number of rotatable bonds is 8. The second-order valence-corrected chi connectivity index (χ2v) is 8.11. The van der Waals surface area contributed by atoms with Gasteiger partial charge in [-0.05, 0) is 49.5 Å². The number of aryl methyl sites for hydroxylation is 2. The standard InChI is InChI=1S/C19H26N2O3S/c1-13(2)8-9-20-18(22)12-25(23)11-17-15(4)24-19(21-17)16-7-5-6-14(3)10-16/h5-7,10,13H,8-9,11-12H2,1-4H3,(H,20,22). The molecule has 1 amide bonds. The molecule has 0 bridgehead atoms. The van der Waals surface area contributed by atoms with E-state index in [9.17, 15) is 9.35 Å². The summed E-state index contributed by atoms with van der Waals surface area (Å²) < 4.78 is 17.9. The van der Waals surface area contributed by atoms with Gasteiger partial charge in [0.1, 0.15) is 11.5 Å². The topological polar surface area (TPSA) is 78.2 Å². The highest BCUT2D eigenvalue weighted by molar-refractivity contribution is 7.91. The van der Waals surface area contributed by atoms with Crippen molar-refractivity contribution in [2.24, 2.45) is 5.92 Å². The van der Waals surface area contributed by atoms with Gasteiger partial charge < -0.3 is 14.3 Å². The van der Waals surface area contributed by atoms with Crippen molar-refractivity contribution in [2.45, 2.75) is 39.9 Å². The number of oxazole rings is 1. The van der Waals surface area contributed by atoms with Crippen molar-refractivity contribution in [3.05, 3.63) is 41.3 Å². The SMILES string of the molecule is Cc1cccc(-c2nc(C[S+]([O-])CC(=O)NCCC(C)C)c(C)o2)c1. The Morgan fingerprint density at radius 3 is 2.80 bits per heavy atom. The smallest absolute Gasteiger partial charge is 0.269 e. The maximum atomic E-state index is 12.2. The molecule has 0 fully saturated rings. The molecule has 0 aliphatic carbocycles. The molecular weight excluding hydrogens is 336 g/mol. The highest BCUT2D eigenvalue weighted by Crippen LogP contribution is 2.23. The summed E-state index contributed by atoms with van der Waals surface area (Å²) in [6, 6.07) is 7.88. The minimum atomic E-state index is -1.31. The minimum Gasteiger partial charge on any atom is -0.616 e. The van der Waals surface area contributed by atoms with Crippen LogP contribution in [0.3, 0.4) is 0 Å². The van der Waals surface area contributed by atoms with E-state index in [1.165, 1.54) is 0 Å². The van der Waals surface area contributed by atoms with Crippen molar-refractivity contribution in [3.63, 3.8) is 0 Å². The van der Waals surface area contributed by atoms with Gasteiger partial charge in [-0.25, -0.2) is 4.98 Å². The van der Waals surface area contributed by atoms with Gasteiger partial charge >= 0.3 is 0 Å². The van der Waals surface area contributed by atoms with Gasteiger partial charge in [-0.1, -0.05) is 31.5 Å². The van der Waals surface area contributed by atoms with Crippen LogP contribution in [0.15, 0.2) is 28.7 Å². The first-order valence-electron chi connectivity index (χ1n) is 8.50. The van der Waals surface area contributed by atoms with Gasteiger partial charge in [0.05, 0.1) is 0 Å². The van der Waals surface area contributed by atoms with E-state index in [0.717, 1.165) is 17.5 Å². The zero-order valence-corrected chi connectivity index (χ0v) is 16.1.